The average molecular weight is 411 g/mol. The summed E-state index contributed by atoms with van der Waals surface area (Å²) < 4.78 is 6.03. The second-order valence-corrected chi connectivity index (χ2v) is 6.51. The number of rotatable bonds is 10. The number of carbonyl (C=O) groups is 1. The monoisotopic (exact) mass is 411 g/mol. The van der Waals surface area contributed by atoms with E-state index < -0.39 is 5.91 Å². The maximum absolute atomic E-state index is 12.7. The van der Waals surface area contributed by atoms with Crippen LogP contribution < -0.4 is 11.2 Å². The van der Waals surface area contributed by atoms with E-state index in [0.717, 1.165) is 19.5 Å². The number of hydrogen-bond donors (Lipinski definition) is 2. The zero-order chi connectivity index (χ0) is 21.3. The van der Waals surface area contributed by atoms with Crippen molar-refractivity contribution in [2.24, 2.45) is 5.10 Å². The van der Waals surface area contributed by atoms with Crippen molar-refractivity contribution in [1.29, 1.82) is 0 Å². The predicted octanol–water partition coefficient (Wildman–Crippen LogP) is 1.42. The maximum Gasteiger partial charge on any atom is 0.293 e. The van der Waals surface area contributed by atoms with Gasteiger partial charge >= 0.3 is 0 Å². The van der Waals surface area contributed by atoms with Gasteiger partial charge in [-0.3, -0.25) is 9.69 Å². The molecule has 0 spiro atoms. The van der Waals surface area contributed by atoms with Crippen LogP contribution in [0.2, 0.25) is 0 Å². The summed E-state index contributed by atoms with van der Waals surface area (Å²) in [4.78, 5) is 14.8. The Kier molecular flexibility index (Phi) is 7.22. The van der Waals surface area contributed by atoms with Crippen LogP contribution in [-0.2, 0) is 13.0 Å². The largest absolute Gasteiger partial charge is 0.378 e. The van der Waals surface area contributed by atoms with Crippen LogP contribution in [0.25, 0.3) is 5.82 Å². The normalized spacial score (nSPS) is 11.4. The number of aryl methyl sites for hydroxylation is 1. The molecular formula is C19H25N9O2. The van der Waals surface area contributed by atoms with E-state index in [1.165, 1.54) is 10.2 Å². The Morgan fingerprint density at radius 3 is 2.70 bits per heavy atom. The molecule has 0 saturated heterocycles. The molecule has 2 aromatic heterocycles. The lowest BCUT2D eigenvalue weighted by atomic mass is 10.1. The molecule has 11 nitrogen and oxygen atoms in total. The first-order valence-electron chi connectivity index (χ1n) is 9.75. The van der Waals surface area contributed by atoms with Crippen LogP contribution in [0.4, 0.5) is 5.82 Å². The minimum Gasteiger partial charge on any atom is -0.378 e. The fourth-order valence-electron chi connectivity index (χ4n) is 2.88. The first kappa shape index (κ1) is 21.1. The highest BCUT2D eigenvalue weighted by Crippen LogP contribution is 2.17. The highest BCUT2D eigenvalue weighted by Gasteiger charge is 2.24. The van der Waals surface area contributed by atoms with Crippen molar-refractivity contribution in [3.8, 4) is 5.82 Å². The lowest BCUT2D eigenvalue weighted by Gasteiger charge is -2.18. The molecule has 2 heterocycles. The molecule has 3 aromatic rings. The van der Waals surface area contributed by atoms with Crippen LogP contribution in [0.15, 0.2) is 40.1 Å². The summed E-state index contributed by atoms with van der Waals surface area (Å²) in [6.07, 6.45) is 3.20. The van der Waals surface area contributed by atoms with Crippen LogP contribution in [-0.4, -0.2) is 55.4 Å². The van der Waals surface area contributed by atoms with Crippen LogP contribution in [0.5, 0.6) is 0 Å². The summed E-state index contributed by atoms with van der Waals surface area (Å²) in [5.74, 6) is -0.212. The number of anilines is 1. The molecule has 0 saturated carbocycles. The van der Waals surface area contributed by atoms with E-state index in [0.29, 0.717) is 18.7 Å². The van der Waals surface area contributed by atoms with E-state index in [4.69, 9.17) is 5.73 Å². The van der Waals surface area contributed by atoms with Crippen molar-refractivity contribution in [1.82, 2.24) is 35.6 Å². The molecule has 0 bridgehead atoms. The van der Waals surface area contributed by atoms with E-state index >= 15 is 0 Å². The predicted molar refractivity (Wildman–Crippen MR) is 111 cm³/mol. The zero-order valence-corrected chi connectivity index (χ0v) is 17.0. The number of aromatic nitrogens is 5. The molecule has 0 atom stereocenters. The number of hydrazone groups is 1. The van der Waals surface area contributed by atoms with Crippen molar-refractivity contribution < 1.29 is 9.42 Å². The van der Waals surface area contributed by atoms with Crippen molar-refractivity contribution in [3.63, 3.8) is 0 Å². The molecular weight excluding hydrogens is 386 g/mol. The maximum atomic E-state index is 12.7. The first-order chi connectivity index (χ1) is 14.6. The van der Waals surface area contributed by atoms with Gasteiger partial charge in [0.15, 0.2) is 5.69 Å². The molecule has 0 fully saturated rings. The molecule has 0 aliphatic carbocycles. The van der Waals surface area contributed by atoms with Crippen molar-refractivity contribution in [2.45, 2.75) is 33.2 Å². The molecule has 158 valence electrons. The van der Waals surface area contributed by atoms with Crippen molar-refractivity contribution in [3.05, 3.63) is 47.3 Å². The summed E-state index contributed by atoms with van der Waals surface area (Å²) in [5.41, 5.74) is 10.2. The molecule has 0 radical (unpaired) electrons. The number of nitrogens with zero attached hydrogens (tertiary/aromatic N) is 7. The van der Waals surface area contributed by atoms with Gasteiger partial charge < -0.3 is 5.73 Å². The Balaban J connectivity index is 1.72. The summed E-state index contributed by atoms with van der Waals surface area (Å²) in [7, 11) is 0. The molecule has 0 aliphatic heterocycles. The zero-order valence-electron chi connectivity index (χ0n) is 17.0. The van der Waals surface area contributed by atoms with Gasteiger partial charge in [0, 0.05) is 12.8 Å². The van der Waals surface area contributed by atoms with Gasteiger partial charge in [0.05, 0.1) is 5.69 Å². The average Bonchev–Trinajstić information content (AvgIpc) is 3.37. The first-order valence-corrected chi connectivity index (χ1v) is 9.75. The molecule has 3 N–H and O–H groups in total. The topological polar surface area (TPSA) is 140 Å². The van der Waals surface area contributed by atoms with Gasteiger partial charge in [0.2, 0.25) is 11.6 Å². The number of carbonyl (C=O) groups excluding carboxylic acids is 1. The number of amides is 1. The molecule has 11 heteroatoms. The minimum atomic E-state index is -0.464. The van der Waals surface area contributed by atoms with Crippen molar-refractivity contribution >= 4 is 17.9 Å². The van der Waals surface area contributed by atoms with E-state index in [2.05, 4.69) is 52.8 Å². The van der Waals surface area contributed by atoms with E-state index in [-0.39, 0.29) is 17.3 Å². The van der Waals surface area contributed by atoms with Gasteiger partial charge in [-0.05, 0) is 41.8 Å². The van der Waals surface area contributed by atoms with E-state index in [9.17, 15) is 4.79 Å². The van der Waals surface area contributed by atoms with Crippen LogP contribution in [0, 0.1) is 0 Å². The Labute approximate surface area is 173 Å². The molecule has 1 aromatic carbocycles. The third kappa shape index (κ3) is 5.06. The molecule has 0 unspecified atom stereocenters. The number of nitrogen functional groups attached to an aromatic ring is 1. The fraction of sp³-hybridized carbons (Fsp3) is 0.368. The smallest absolute Gasteiger partial charge is 0.293 e. The second-order valence-electron chi connectivity index (χ2n) is 6.51. The summed E-state index contributed by atoms with van der Waals surface area (Å²) in [6.45, 7) is 6.05. The molecule has 30 heavy (non-hydrogen) atoms. The molecule has 1 amide bonds. The van der Waals surface area contributed by atoms with Gasteiger partial charge in [0.25, 0.3) is 5.91 Å². The number of hydrogen-bond acceptors (Lipinski definition) is 9. The summed E-state index contributed by atoms with van der Waals surface area (Å²) in [5, 5.41) is 19.4. The Bertz CT molecular complexity index is 977. The second kappa shape index (κ2) is 10.3. The Morgan fingerprint density at radius 2 is 2.03 bits per heavy atom. The summed E-state index contributed by atoms with van der Waals surface area (Å²) in [6, 6.07) is 10.1. The standard InChI is InChI=1S/C19H25N9O2/c1-3-27(4-2)13-15-16(22-26-28(15)18-17(20)24-30-25-18)19(29)23-21-12-8-11-14-9-6-5-7-10-14/h5-7,9-10,12H,3-4,8,11,13H2,1-2H3,(H2,20,24)(H,23,29). The minimum absolute atomic E-state index is 0.0617. The lowest BCUT2D eigenvalue weighted by Crippen LogP contribution is -2.27. The lowest BCUT2D eigenvalue weighted by molar-refractivity contribution is 0.0947. The van der Waals surface area contributed by atoms with Gasteiger partial charge in [-0.1, -0.05) is 49.4 Å². The molecule has 3 rings (SSSR count). The Hall–Kier alpha value is -3.60. The van der Waals surface area contributed by atoms with Crippen LogP contribution in [0.3, 0.4) is 0 Å². The number of benzene rings is 1. The fourth-order valence-corrected chi connectivity index (χ4v) is 2.88. The number of nitrogens with two attached hydrogens (primary N) is 1. The molecule has 0 aliphatic rings. The highest BCUT2D eigenvalue weighted by atomic mass is 16.6. The van der Waals surface area contributed by atoms with Gasteiger partial charge in [-0.25, -0.2) is 10.1 Å². The Morgan fingerprint density at radius 1 is 1.27 bits per heavy atom. The van der Waals surface area contributed by atoms with Crippen LogP contribution >= 0.6 is 0 Å². The quantitative estimate of drug-likeness (QED) is 0.377. The van der Waals surface area contributed by atoms with Gasteiger partial charge in [-0.15, -0.1) is 5.10 Å². The van der Waals surface area contributed by atoms with E-state index in [1.807, 2.05) is 32.0 Å². The van der Waals surface area contributed by atoms with Gasteiger partial charge in [-0.2, -0.15) is 9.78 Å². The SMILES string of the molecule is CCN(CC)Cc1c(C(=O)NN=CCCc2ccccc2)nnn1-c1nonc1N. The van der Waals surface area contributed by atoms with Crippen molar-refractivity contribution in [2.75, 3.05) is 18.8 Å². The third-order valence-electron chi connectivity index (χ3n) is 4.60. The number of nitrogens with one attached hydrogen (secondary N) is 1. The van der Waals surface area contributed by atoms with E-state index in [1.54, 1.807) is 6.21 Å². The third-order valence-corrected chi connectivity index (χ3v) is 4.60. The van der Waals surface area contributed by atoms with Gasteiger partial charge in [0.1, 0.15) is 0 Å². The highest BCUT2D eigenvalue weighted by molar-refractivity contribution is 5.93. The van der Waals surface area contributed by atoms with Crippen LogP contribution in [0.1, 0.15) is 42.0 Å². The summed E-state index contributed by atoms with van der Waals surface area (Å²) >= 11 is 0.